The number of fused-ring (bicyclic) bond motifs is 5. The molecular formula is C8H9NO. The van der Waals surface area contributed by atoms with Crippen molar-refractivity contribution in [3.05, 3.63) is 0 Å². The Bertz CT molecular complexity index is 220. The van der Waals surface area contributed by atoms with Gasteiger partial charge in [0.15, 0.2) is 0 Å². The van der Waals surface area contributed by atoms with Crippen LogP contribution in [0, 0.1) is 29.1 Å². The zero-order chi connectivity index (χ0) is 6.72. The monoisotopic (exact) mass is 135 g/mol. The Balaban J connectivity index is 1.93. The van der Waals surface area contributed by atoms with E-state index in [1.54, 1.807) is 0 Å². The maximum absolute atomic E-state index is 8.72. The van der Waals surface area contributed by atoms with Crippen molar-refractivity contribution in [3.8, 4) is 6.07 Å². The minimum atomic E-state index is 0.328. The fraction of sp³-hybridized carbons (Fsp3) is 0.875. The normalized spacial score (nSPS) is 61.7. The Labute approximate surface area is 59.8 Å². The van der Waals surface area contributed by atoms with E-state index in [1.807, 2.05) is 0 Å². The first kappa shape index (κ1) is 5.15. The van der Waals surface area contributed by atoms with Gasteiger partial charge in [0.1, 0.15) is 0 Å². The van der Waals surface area contributed by atoms with E-state index in [9.17, 15) is 0 Å². The van der Waals surface area contributed by atoms with Crippen molar-refractivity contribution in [2.45, 2.75) is 25.0 Å². The molecule has 0 N–H and O–H groups in total. The van der Waals surface area contributed by atoms with Crippen molar-refractivity contribution in [2.24, 2.45) is 17.8 Å². The van der Waals surface area contributed by atoms with E-state index in [0.29, 0.717) is 24.0 Å². The van der Waals surface area contributed by atoms with Crippen LogP contribution in [0.3, 0.4) is 0 Å². The summed E-state index contributed by atoms with van der Waals surface area (Å²) in [6, 6.07) is 2.37. The summed E-state index contributed by atoms with van der Waals surface area (Å²) in [6.07, 6.45) is 3.47. The number of epoxide rings is 1. The zero-order valence-corrected chi connectivity index (χ0v) is 5.66. The maximum Gasteiger partial charge on any atom is 0.0885 e. The van der Waals surface area contributed by atoms with Gasteiger partial charge in [0.2, 0.25) is 0 Å². The summed E-state index contributed by atoms with van der Waals surface area (Å²) < 4.78 is 5.42. The molecule has 2 saturated carbocycles. The van der Waals surface area contributed by atoms with E-state index in [-0.39, 0.29) is 0 Å². The van der Waals surface area contributed by atoms with E-state index in [4.69, 9.17) is 10.00 Å². The van der Waals surface area contributed by atoms with Crippen LogP contribution in [-0.4, -0.2) is 12.2 Å². The van der Waals surface area contributed by atoms with E-state index in [1.165, 1.54) is 6.42 Å². The fourth-order valence-electron chi connectivity index (χ4n) is 2.75. The van der Waals surface area contributed by atoms with Gasteiger partial charge in [0.05, 0.1) is 24.2 Å². The second kappa shape index (κ2) is 1.38. The summed E-state index contributed by atoms with van der Waals surface area (Å²) in [6.45, 7) is 0. The van der Waals surface area contributed by atoms with Gasteiger partial charge in [0, 0.05) is 5.92 Å². The average molecular weight is 135 g/mol. The second-order valence-corrected chi connectivity index (χ2v) is 3.70. The first-order valence-electron chi connectivity index (χ1n) is 3.95. The highest BCUT2D eigenvalue weighted by molar-refractivity contribution is 5.14. The third-order valence-corrected chi connectivity index (χ3v) is 3.26. The minimum absolute atomic E-state index is 0.328. The summed E-state index contributed by atoms with van der Waals surface area (Å²) in [4.78, 5) is 0. The van der Waals surface area contributed by atoms with Gasteiger partial charge < -0.3 is 4.74 Å². The molecule has 2 heteroatoms. The van der Waals surface area contributed by atoms with Crippen molar-refractivity contribution in [2.75, 3.05) is 0 Å². The predicted molar refractivity (Wildman–Crippen MR) is 34.0 cm³/mol. The molecule has 2 bridgehead atoms. The topological polar surface area (TPSA) is 36.3 Å². The minimum Gasteiger partial charge on any atom is -0.369 e. The SMILES string of the molecule is N#CC1CC2CC1C1OC21. The molecule has 0 amide bonds. The Kier molecular flexibility index (Phi) is 0.709. The van der Waals surface area contributed by atoms with Gasteiger partial charge in [-0.1, -0.05) is 0 Å². The first-order valence-corrected chi connectivity index (χ1v) is 3.95. The van der Waals surface area contributed by atoms with Gasteiger partial charge in [-0.25, -0.2) is 0 Å². The first-order chi connectivity index (χ1) is 4.90. The lowest BCUT2D eigenvalue weighted by Gasteiger charge is -2.09. The van der Waals surface area contributed by atoms with Gasteiger partial charge >= 0.3 is 0 Å². The summed E-state index contributed by atoms with van der Waals surface area (Å²) >= 11 is 0. The van der Waals surface area contributed by atoms with Gasteiger partial charge in [-0.15, -0.1) is 0 Å². The van der Waals surface area contributed by atoms with Crippen molar-refractivity contribution in [3.63, 3.8) is 0 Å². The van der Waals surface area contributed by atoms with Crippen LogP contribution in [0.2, 0.25) is 0 Å². The number of nitrogens with zero attached hydrogens (tertiary/aromatic N) is 1. The highest BCUT2D eigenvalue weighted by atomic mass is 16.6. The summed E-state index contributed by atoms with van der Waals surface area (Å²) in [5.74, 6) is 1.69. The molecule has 1 heterocycles. The van der Waals surface area contributed by atoms with Crippen LogP contribution in [0.5, 0.6) is 0 Å². The summed E-state index contributed by atoms with van der Waals surface area (Å²) in [5.41, 5.74) is 0. The Morgan fingerprint density at radius 2 is 2.20 bits per heavy atom. The highest BCUT2D eigenvalue weighted by Crippen LogP contribution is 2.58. The Morgan fingerprint density at radius 1 is 1.30 bits per heavy atom. The lowest BCUT2D eigenvalue weighted by molar-refractivity contribution is 0.259. The van der Waals surface area contributed by atoms with Gasteiger partial charge in [-0.05, 0) is 18.8 Å². The molecule has 0 aromatic rings. The van der Waals surface area contributed by atoms with Crippen molar-refractivity contribution >= 4 is 0 Å². The molecule has 0 aromatic carbocycles. The Morgan fingerprint density at radius 3 is 2.80 bits per heavy atom. The molecule has 5 atom stereocenters. The van der Waals surface area contributed by atoms with Gasteiger partial charge in [-0.2, -0.15) is 5.26 Å². The second-order valence-electron chi connectivity index (χ2n) is 3.70. The highest BCUT2D eigenvalue weighted by Gasteiger charge is 2.63. The summed E-state index contributed by atoms with van der Waals surface area (Å²) in [5, 5.41) is 8.72. The van der Waals surface area contributed by atoms with Gasteiger partial charge in [-0.3, -0.25) is 0 Å². The quantitative estimate of drug-likeness (QED) is 0.463. The van der Waals surface area contributed by atoms with E-state index >= 15 is 0 Å². The largest absolute Gasteiger partial charge is 0.369 e. The van der Waals surface area contributed by atoms with Crippen LogP contribution in [0.1, 0.15) is 12.8 Å². The molecule has 2 aliphatic carbocycles. The number of ether oxygens (including phenoxy) is 1. The van der Waals surface area contributed by atoms with Crippen molar-refractivity contribution < 1.29 is 4.74 Å². The standard InChI is InChI=1S/C8H9NO/c9-3-5-1-4-2-6(5)8-7(4)10-8/h4-8H,1-2H2. The molecule has 5 unspecified atom stereocenters. The number of hydrogen-bond acceptors (Lipinski definition) is 2. The molecule has 1 saturated heterocycles. The molecule has 10 heavy (non-hydrogen) atoms. The molecule has 2 nitrogen and oxygen atoms in total. The molecule has 3 fully saturated rings. The lowest BCUT2D eigenvalue weighted by Crippen LogP contribution is -2.15. The number of nitriles is 1. The average Bonchev–Trinajstić information content (AvgIpc) is 2.58. The van der Waals surface area contributed by atoms with Gasteiger partial charge in [0.25, 0.3) is 0 Å². The molecule has 3 aliphatic rings. The molecular weight excluding hydrogens is 126 g/mol. The molecule has 0 aromatic heterocycles. The van der Waals surface area contributed by atoms with E-state index in [0.717, 1.165) is 12.3 Å². The molecule has 0 radical (unpaired) electrons. The lowest BCUT2D eigenvalue weighted by atomic mass is 9.90. The van der Waals surface area contributed by atoms with E-state index < -0.39 is 0 Å². The van der Waals surface area contributed by atoms with Crippen LogP contribution in [0.15, 0.2) is 0 Å². The summed E-state index contributed by atoms with van der Waals surface area (Å²) in [7, 11) is 0. The molecule has 1 aliphatic heterocycles. The molecule has 0 spiro atoms. The Hall–Kier alpha value is -0.550. The zero-order valence-electron chi connectivity index (χ0n) is 5.66. The fourth-order valence-corrected chi connectivity index (χ4v) is 2.75. The predicted octanol–water partition coefficient (Wildman–Crippen LogP) is 0.933. The van der Waals surface area contributed by atoms with Crippen LogP contribution >= 0.6 is 0 Å². The third-order valence-electron chi connectivity index (χ3n) is 3.26. The molecule has 52 valence electrons. The van der Waals surface area contributed by atoms with Crippen molar-refractivity contribution in [1.29, 1.82) is 5.26 Å². The van der Waals surface area contributed by atoms with Crippen LogP contribution < -0.4 is 0 Å². The number of rotatable bonds is 0. The number of hydrogen-bond donors (Lipinski definition) is 0. The van der Waals surface area contributed by atoms with Crippen LogP contribution in [0.25, 0.3) is 0 Å². The maximum atomic E-state index is 8.72. The van der Waals surface area contributed by atoms with Crippen LogP contribution in [0.4, 0.5) is 0 Å². The van der Waals surface area contributed by atoms with E-state index in [2.05, 4.69) is 6.07 Å². The van der Waals surface area contributed by atoms with Crippen LogP contribution in [-0.2, 0) is 4.74 Å². The van der Waals surface area contributed by atoms with Crippen molar-refractivity contribution in [1.82, 2.24) is 0 Å². The smallest absolute Gasteiger partial charge is 0.0885 e. The molecule has 3 rings (SSSR count). The third kappa shape index (κ3) is 0.411.